The summed E-state index contributed by atoms with van der Waals surface area (Å²) in [5.74, 6) is -0.688. The van der Waals surface area contributed by atoms with Gasteiger partial charge in [0.15, 0.2) is 0 Å². The lowest BCUT2D eigenvalue weighted by Crippen LogP contribution is -2.29. The number of unbranched alkanes of at least 4 members (excludes halogenated alkanes) is 5. The molecule has 0 aromatic heterocycles. The highest BCUT2D eigenvalue weighted by Gasteiger charge is 2.08. The van der Waals surface area contributed by atoms with Crippen molar-refractivity contribution < 1.29 is 29.1 Å². The Bertz CT molecular complexity index is 674. The monoisotopic (exact) mass is 528 g/mol. The van der Waals surface area contributed by atoms with Gasteiger partial charge in [-0.3, -0.25) is 24.0 Å². The number of nitrogens with two attached hydrogens (primary N) is 1. The number of carbonyl (C=O) groups excluding carboxylic acids is 5. The molecule has 8 N–H and O–H groups in total. The Morgan fingerprint density at radius 3 is 1.14 bits per heavy atom. The lowest BCUT2D eigenvalue weighted by molar-refractivity contribution is -0.126. The quantitative estimate of drug-likeness (QED) is 0.0713. The van der Waals surface area contributed by atoms with Gasteiger partial charge < -0.3 is 37.4 Å². The zero-order valence-electron chi connectivity index (χ0n) is 22.4. The van der Waals surface area contributed by atoms with Gasteiger partial charge in [0.25, 0.3) is 0 Å². The Morgan fingerprint density at radius 1 is 0.541 bits per heavy atom. The zero-order valence-corrected chi connectivity index (χ0v) is 22.4. The molecule has 12 heteroatoms. The lowest BCUT2D eigenvalue weighted by atomic mass is 10.2. The second-order valence-electron chi connectivity index (χ2n) is 9.07. The summed E-state index contributed by atoms with van der Waals surface area (Å²) < 4.78 is 0. The van der Waals surface area contributed by atoms with Crippen LogP contribution in [0.4, 0.5) is 0 Å². The number of hydrogen-bond donors (Lipinski definition) is 7. The summed E-state index contributed by atoms with van der Waals surface area (Å²) in [6.45, 7) is 4.22. The molecule has 0 heterocycles. The van der Waals surface area contributed by atoms with Crippen LogP contribution in [0.3, 0.4) is 0 Å². The number of carbonyl (C=O) groups is 5. The van der Waals surface area contributed by atoms with Gasteiger partial charge in [-0.2, -0.15) is 0 Å². The Balaban J connectivity index is 3.51. The minimum atomic E-state index is -0.821. The summed E-state index contributed by atoms with van der Waals surface area (Å²) in [4.78, 5) is 57.9. The second kappa shape index (κ2) is 23.7. The maximum atomic E-state index is 11.9. The minimum absolute atomic E-state index is 0.0416. The third-order valence-corrected chi connectivity index (χ3v) is 5.45. The van der Waals surface area contributed by atoms with Gasteiger partial charge in [0.1, 0.15) is 6.23 Å². The summed E-state index contributed by atoms with van der Waals surface area (Å²) in [5.41, 5.74) is 5.24. The molecule has 0 rings (SSSR count). The number of rotatable bonds is 23. The number of aliphatic hydroxyl groups is 1. The van der Waals surface area contributed by atoms with E-state index in [1.165, 1.54) is 6.92 Å². The van der Waals surface area contributed by atoms with Gasteiger partial charge in [0.2, 0.25) is 29.5 Å². The SMILES string of the molecule is CC(=O)NCCCCCNC(=O)CCC(=O)NCCCCCNC(=O)CCC(=O)NCCCCC(N)O. The van der Waals surface area contributed by atoms with E-state index in [9.17, 15) is 24.0 Å². The summed E-state index contributed by atoms with van der Waals surface area (Å²) in [6, 6.07) is 0. The number of hydrogen-bond acceptors (Lipinski definition) is 7. The van der Waals surface area contributed by atoms with Crippen molar-refractivity contribution in [3.63, 3.8) is 0 Å². The molecule has 5 amide bonds. The zero-order chi connectivity index (χ0) is 27.7. The van der Waals surface area contributed by atoms with E-state index in [0.717, 1.165) is 51.4 Å². The standard InChI is InChI=1S/C25H48N6O6/c1-20(32)27-15-5-2-6-16-28-22(34)11-12-23(35)29-17-7-3-8-18-30-24(36)13-14-25(37)31-19-9-4-10-21(26)33/h21,33H,2-19,26H2,1H3,(H,27,32)(H,28,34)(H,29,35)(H,30,36)(H,31,37). The fourth-order valence-corrected chi connectivity index (χ4v) is 3.32. The van der Waals surface area contributed by atoms with Gasteiger partial charge in [0.05, 0.1) is 0 Å². The first-order valence-corrected chi connectivity index (χ1v) is 13.5. The molecular formula is C25H48N6O6. The van der Waals surface area contributed by atoms with Crippen molar-refractivity contribution in [2.24, 2.45) is 5.73 Å². The number of amides is 5. The molecular weight excluding hydrogens is 480 g/mol. The third-order valence-electron chi connectivity index (χ3n) is 5.45. The van der Waals surface area contributed by atoms with Gasteiger partial charge in [-0.25, -0.2) is 0 Å². The predicted molar refractivity (Wildman–Crippen MR) is 141 cm³/mol. The molecule has 0 saturated heterocycles. The second-order valence-corrected chi connectivity index (χ2v) is 9.07. The minimum Gasteiger partial charge on any atom is -0.379 e. The molecule has 0 aromatic rings. The fourth-order valence-electron chi connectivity index (χ4n) is 3.32. The van der Waals surface area contributed by atoms with Gasteiger partial charge in [-0.15, -0.1) is 0 Å². The Morgan fingerprint density at radius 2 is 0.838 bits per heavy atom. The van der Waals surface area contributed by atoms with E-state index in [4.69, 9.17) is 10.8 Å². The summed E-state index contributed by atoms with van der Waals surface area (Å²) >= 11 is 0. The van der Waals surface area contributed by atoms with E-state index in [2.05, 4.69) is 26.6 Å². The predicted octanol–water partition coefficient (Wildman–Crippen LogP) is -0.0643. The van der Waals surface area contributed by atoms with Crippen molar-refractivity contribution in [1.82, 2.24) is 26.6 Å². The Kier molecular flexibility index (Phi) is 21.9. The average molecular weight is 529 g/mol. The molecule has 0 aromatic carbocycles. The first-order chi connectivity index (χ1) is 17.7. The van der Waals surface area contributed by atoms with Crippen LogP contribution in [-0.2, 0) is 24.0 Å². The maximum absolute atomic E-state index is 11.9. The summed E-state index contributed by atoms with van der Waals surface area (Å²) in [7, 11) is 0. The highest BCUT2D eigenvalue weighted by atomic mass is 16.3. The lowest BCUT2D eigenvalue weighted by Gasteiger charge is -2.08. The molecule has 12 nitrogen and oxygen atoms in total. The summed E-state index contributed by atoms with van der Waals surface area (Å²) in [5, 5.41) is 22.8. The van der Waals surface area contributed by atoms with E-state index in [-0.39, 0.29) is 55.2 Å². The molecule has 0 spiro atoms. The van der Waals surface area contributed by atoms with Crippen LogP contribution in [0.1, 0.15) is 90.4 Å². The van der Waals surface area contributed by atoms with Crippen LogP contribution in [0.5, 0.6) is 0 Å². The van der Waals surface area contributed by atoms with Crippen molar-refractivity contribution in [2.45, 2.75) is 96.6 Å². The molecule has 0 bridgehead atoms. The molecule has 37 heavy (non-hydrogen) atoms. The first kappa shape index (κ1) is 34.3. The number of nitrogens with one attached hydrogen (secondary N) is 5. The van der Waals surface area contributed by atoms with E-state index >= 15 is 0 Å². The van der Waals surface area contributed by atoms with E-state index < -0.39 is 6.23 Å². The normalized spacial score (nSPS) is 11.3. The van der Waals surface area contributed by atoms with Crippen LogP contribution in [0.2, 0.25) is 0 Å². The van der Waals surface area contributed by atoms with Crippen LogP contribution < -0.4 is 32.3 Å². The van der Waals surface area contributed by atoms with Gasteiger partial charge >= 0.3 is 0 Å². The topological polar surface area (TPSA) is 192 Å². The van der Waals surface area contributed by atoms with Crippen LogP contribution in [0.15, 0.2) is 0 Å². The highest BCUT2D eigenvalue weighted by Crippen LogP contribution is 1.98. The molecule has 0 aliphatic heterocycles. The van der Waals surface area contributed by atoms with E-state index in [0.29, 0.717) is 39.1 Å². The largest absolute Gasteiger partial charge is 0.379 e. The smallest absolute Gasteiger partial charge is 0.220 e. The highest BCUT2D eigenvalue weighted by molar-refractivity contribution is 5.84. The molecule has 1 unspecified atom stereocenters. The van der Waals surface area contributed by atoms with Crippen molar-refractivity contribution in [1.29, 1.82) is 0 Å². The Hall–Kier alpha value is -2.73. The molecule has 214 valence electrons. The van der Waals surface area contributed by atoms with Gasteiger partial charge in [-0.1, -0.05) is 0 Å². The van der Waals surface area contributed by atoms with Crippen molar-refractivity contribution in [3.8, 4) is 0 Å². The van der Waals surface area contributed by atoms with Crippen molar-refractivity contribution >= 4 is 29.5 Å². The van der Waals surface area contributed by atoms with Crippen LogP contribution in [0.25, 0.3) is 0 Å². The van der Waals surface area contributed by atoms with Crippen molar-refractivity contribution in [3.05, 3.63) is 0 Å². The fraction of sp³-hybridized carbons (Fsp3) is 0.800. The molecule has 1 atom stereocenters. The van der Waals surface area contributed by atoms with E-state index in [1.807, 2.05) is 0 Å². The maximum Gasteiger partial charge on any atom is 0.220 e. The van der Waals surface area contributed by atoms with Crippen LogP contribution >= 0.6 is 0 Å². The van der Waals surface area contributed by atoms with Crippen LogP contribution in [-0.4, -0.2) is 73.6 Å². The van der Waals surface area contributed by atoms with Gasteiger partial charge in [0, 0.05) is 65.3 Å². The number of aliphatic hydroxyl groups excluding tert-OH is 1. The third kappa shape index (κ3) is 26.2. The molecule has 0 saturated carbocycles. The molecule has 0 aliphatic carbocycles. The first-order valence-electron chi connectivity index (χ1n) is 13.5. The van der Waals surface area contributed by atoms with Crippen molar-refractivity contribution in [2.75, 3.05) is 32.7 Å². The molecule has 0 radical (unpaired) electrons. The van der Waals surface area contributed by atoms with Gasteiger partial charge in [-0.05, 0) is 57.8 Å². The Labute approximate surface area is 220 Å². The van der Waals surface area contributed by atoms with Crippen LogP contribution in [0, 0.1) is 0 Å². The molecule has 0 aliphatic rings. The average Bonchev–Trinajstić information content (AvgIpc) is 2.84. The summed E-state index contributed by atoms with van der Waals surface area (Å²) in [6.07, 6.45) is 6.68. The van der Waals surface area contributed by atoms with E-state index in [1.54, 1.807) is 0 Å². The molecule has 0 fully saturated rings.